The Balaban J connectivity index is 1.52. The van der Waals surface area contributed by atoms with Crippen molar-refractivity contribution in [1.29, 1.82) is 0 Å². The minimum Gasteiger partial charge on any atom is -0.453 e. The van der Waals surface area contributed by atoms with Crippen LogP contribution in [0.5, 0.6) is 0 Å². The molecule has 0 spiro atoms. The summed E-state index contributed by atoms with van der Waals surface area (Å²) in [5.41, 5.74) is 2.15. The first-order valence-electron chi connectivity index (χ1n) is 12.2. The third-order valence-corrected chi connectivity index (χ3v) is 7.77. The number of methoxy groups -OCH3 is 1. The number of hydrogen-bond acceptors (Lipinski definition) is 6. The number of primary amides is 1. The summed E-state index contributed by atoms with van der Waals surface area (Å²) in [6.45, 7) is 3.36. The van der Waals surface area contributed by atoms with E-state index in [4.69, 9.17) is 10.5 Å². The minimum absolute atomic E-state index is 0.0844. The van der Waals surface area contributed by atoms with Crippen LogP contribution in [0.15, 0.2) is 12.3 Å². The first-order chi connectivity index (χ1) is 17.2. The smallest absolute Gasteiger partial charge is 0.434 e. The van der Waals surface area contributed by atoms with Crippen molar-refractivity contribution in [3.05, 3.63) is 23.5 Å². The summed E-state index contributed by atoms with van der Waals surface area (Å²) in [5, 5.41) is 9.14. The molecule has 4 saturated carbocycles. The Labute approximate surface area is 212 Å². The van der Waals surface area contributed by atoms with E-state index in [1.807, 2.05) is 0 Å². The van der Waals surface area contributed by atoms with E-state index >= 15 is 0 Å². The Kier molecular flexibility index (Phi) is 6.93. The fraction of sp³-hybridized carbons (Fsp3) is 0.667. The average Bonchev–Trinajstić information content (AvgIpc) is 3.23. The molecule has 37 heavy (non-hydrogen) atoms. The zero-order valence-corrected chi connectivity index (χ0v) is 20.9. The number of halogens is 3. The van der Waals surface area contributed by atoms with Crippen LogP contribution >= 0.6 is 0 Å². The molecule has 1 aromatic rings. The summed E-state index contributed by atoms with van der Waals surface area (Å²) < 4.78 is 52.3. The van der Waals surface area contributed by atoms with E-state index in [0.717, 1.165) is 31.7 Å². The van der Waals surface area contributed by atoms with Crippen molar-refractivity contribution in [3.8, 4) is 0 Å². The molecule has 4 aliphatic carbocycles. The van der Waals surface area contributed by atoms with Crippen LogP contribution in [0.2, 0.25) is 0 Å². The molecule has 4 aliphatic rings. The molecule has 5 rings (SSSR count). The van der Waals surface area contributed by atoms with Crippen LogP contribution < -0.4 is 16.4 Å². The van der Waals surface area contributed by atoms with Crippen molar-refractivity contribution in [3.63, 3.8) is 0 Å². The van der Waals surface area contributed by atoms with E-state index in [-0.39, 0.29) is 29.9 Å². The van der Waals surface area contributed by atoms with Gasteiger partial charge in [-0.1, -0.05) is 0 Å². The lowest BCUT2D eigenvalue weighted by molar-refractivity contribution is -0.142. The van der Waals surface area contributed by atoms with Gasteiger partial charge in [0.05, 0.1) is 31.0 Å². The number of nitrogens with two attached hydrogens (primary N) is 1. The summed E-state index contributed by atoms with van der Waals surface area (Å²) in [5.74, 6) is -0.233. The van der Waals surface area contributed by atoms with Gasteiger partial charge in [0.25, 0.3) is 5.91 Å². The molecule has 3 amide bonds. The molecule has 0 aliphatic heterocycles. The lowest BCUT2D eigenvalue weighted by Gasteiger charge is -2.59. The SMILES string of the molecule is COC(=O)NC(C)(C)/C=C/n1ncc(C(=O)NC2C3CC4CC2CC(COC(N)=O)(C4)C3)c1C(F)(F)F. The van der Waals surface area contributed by atoms with Gasteiger partial charge in [0.15, 0.2) is 5.69 Å². The maximum absolute atomic E-state index is 14.0. The molecule has 0 radical (unpaired) electrons. The predicted octanol–water partition coefficient (Wildman–Crippen LogP) is 3.53. The van der Waals surface area contributed by atoms with E-state index in [1.54, 1.807) is 13.8 Å². The normalized spacial score (nSPS) is 28.8. The van der Waals surface area contributed by atoms with Crippen LogP contribution in [0.4, 0.5) is 22.8 Å². The van der Waals surface area contributed by atoms with Gasteiger partial charge < -0.3 is 25.8 Å². The van der Waals surface area contributed by atoms with E-state index in [9.17, 15) is 27.6 Å². The summed E-state index contributed by atoms with van der Waals surface area (Å²) in [4.78, 5) is 35.8. The molecule has 1 aromatic heterocycles. The van der Waals surface area contributed by atoms with E-state index < -0.39 is 41.1 Å². The third kappa shape index (κ3) is 5.69. The molecule has 0 saturated heterocycles. The minimum atomic E-state index is -4.85. The number of hydrogen-bond donors (Lipinski definition) is 3. The lowest BCUT2D eigenvalue weighted by Crippen LogP contribution is -2.60. The largest absolute Gasteiger partial charge is 0.453 e. The summed E-state index contributed by atoms with van der Waals surface area (Å²) in [6.07, 6.45) is 0.956. The highest BCUT2D eigenvalue weighted by Crippen LogP contribution is 2.60. The van der Waals surface area contributed by atoms with Crippen molar-refractivity contribution < 1.29 is 37.0 Å². The Bertz CT molecular complexity index is 1080. The summed E-state index contributed by atoms with van der Waals surface area (Å²) in [6, 6.07) is -0.270. The van der Waals surface area contributed by atoms with E-state index in [1.165, 1.54) is 13.2 Å². The van der Waals surface area contributed by atoms with Crippen LogP contribution in [0, 0.1) is 23.2 Å². The molecule has 204 valence electrons. The molecule has 4 N–H and O–H groups in total. The molecular formula is C24H32F3N5O5. The number of alkyl halides is 3. The Morgan fingerprint density at radius 2 is 1.86 bits per heavy atom. The molecule has 0 aromatic carbocycles. The Morgan fingerprint density at radius 1 is 1.22 bits per heavy atom. The number of carbonyl (C=O) groups is 3. The monoisotopic (exact) mass is 527 g/mol. The van der Waals surface area contributed by atoms with Crippen LogP contribution in [-0.2, 0) is 15.7 Å². The van der Waals surface area contributed by atoms with Gasteiger partial charge in [0.2, 0.25) is 0 Å². The first-order valence-corrected chi connectivity index (χ1v) is 12.2. The first kappa shape index (κ1) is 26.8. The second-order valence-corrected chi connectivity index (χ2v) is 11.1. The van der Waals surface area contributed by atoms with Crippen molar-refractivity contribution in [1.82, 2.24) is 20.4 Å². The van der Waals surface area contributed by atoms with Gasteiger partial charge in [-0.15, -0.1) is 0 Å². The molecule has 2 unspecified atom stereocenters. The molecule has 4 fully saturated rings. The second-order valence-electron chi connectivity index (χ2n) is 11.1. The number of alkyl carbamates (subject to hydrolysis) is 1. The quantitative estimate of drug-likeness (QED) is 0.496. The topological polar surface area (TPSA) is 138 Å². The molecule has 13 heteroatoms. The van der Waals surface area contributed by atoms with Gasteiger partial charge in [-0.05, 0) is 69.8 Å². The van der Waals surface area contributed by atoms with Crippen molar-refractivity contribution >= 4 is 24.3 Å². The lowest BCUT2D eigenvalue weighted by atomic mass is 9.48. The third-order valence-electron chi connectivity index (χ3n) is 7.77. The number of nitrogens with one attached hydrogen (secondary N) is 2. The van der Waals surface area contributed by atoms with Crippen LogP contribution in [0.25, 0.3) is 6.20 Å². The highest BCUT2D eigenvalue weighted by atomic mass is 19.4. The maximum Gasteiger partial charge on any atom is 0.434 e. The predicted molar refractivity (Wildman–Crippen MR) is 125 cm³/mol. The van der Waals surface area contributed by atoms with Crippen molar-refractivity contribution in [2.24, 2.45) is 28.9 Å². The summed E-state index contributed by atoms with van der Waals surface area (Å²) in [7, 11) is 1.17. The fourth-order valence-electron chi connectivity index (χ4n) is 6.60. The number of ether oxygens (including phenoxy) is 2. The van der Waals surface area contributed by atoms with E-state index in [0.29, 0.717) is 23.4 Å². The zero-order valence-electron chi connectivity index (χ0n) is 20.9. The molecular weight excluding hydrogens is 495 g/mol. The molecule has 4 bridgehead atoms. The molecule has 10 nitrogen and oxygen atoms in total. The summed E-state index contributed by atoms with van der Waals surface area (Å²) >= 11 is 0. The number of amides is 3. The maximum atomic E-state index is 14.0. The number of rotatable bonds is 7. The zero-order chi connectivity index (χ0) is 27.2. The Hall–Kier alpha value is -3.25. The van der Waals surface area contributed by atoms with E-state index in [2.05, 4.69) is 20.5 Å². The molecule has 2 atom stereocenters. The van der Waals surface area contributed by atoms with Crippen molar-refractivity contribution in [2.75, 3.05) is 13.7 Å². The Morgan fingerprint density at radius 3 is 2.43 bits per heavy atom. The highest BCUT2D eigenvalue weighted by molar-refractivity contribution is 5.95. The highest BCUT2D eigenvalue weighted by Gasteiger charge is 2.56. The van der Waals surface area contributed by atoms with Gasteiger partial charge in [-0.3, -0.25) is 4.79 Å². The van der Waals surface area contributed by atoms with Crippen LogP contribution in [-0.4, -0.2) is 53.2 Å². The molecule has 1 heterocycles. The van der Waals surface area contributed by atoms with Gasteiger partial charge in [-0.2, -0.15) is 18.3 Å². The van der Waals surface area contributed by atoms with Gasteiger partial charge in [0, 0.05) is 17.7 Å². The number of carbonyl (C=O) groups excluding carboxylic acids is 3. The number of aromatic nitrogens is 2. The van der Waals surface area contributed by atoms with Crippen LogP contribution in [0.1, 0.15) is 62.0 Å². The second kappa shape index (κ2) is 9.56. The average molecular weight is 528 g/mol. The van der Waals surface area contributed by atoms with Gasteiger partial charge >= 0.3 is 18.4 Å². The van der Waals surface area contributed by atoms with Crippen molar-refractivity contribution in [2.45, 2.75) is 63.7 Å². The standard InChI is InChI=1S/C24H32F3N5O5/c1-22(2,31-21(35)36-3)4-5-32-18(24(25,26)27)16(11-29-32)19(33)30-17-14-6-13-7-15(17)10-23(8-13,9-14)12-37-20(28)34/h4-5,11,13-15,17H,6-10,12H2,1-3H3,(H2,28,34)(H,30,33)(H,31,35)/b5-4+. The van der Waals surface area contributed by atoms with Crippen LogP contribution in [0.3, 0.4) is 0 Å². The van der Waals surface area contributed by atoms with Gasteiger partial charge in [-0.25, -0.2) is 14.3 Å². The number of nitrogens with zero attached hydrogens (tertiary/aromatic N) is 2. The fourth-order valence-corrected chi connectivity index (χ4v) is 6.60. The van der Waals surface area contributed by atoms with Gasteiger partial charge in [0.1, 0.15) is 0 Å².